The third-order valence-corrected chi connectivity index (χ3v) is 3.34. The Bertz CT molecular complexity index is 620. The summed E-state index contributed by atoms with van der Waals surface area (Å²) in [4.78, 5) is 11.9. The number of phenolic OH excluding ortho intramolecular Hbond substituents is 1. The second kappa shape index (κ2) is 6.24. The van der Waals surface area contributed by atoms with Crippen molar-refractivity contribution in [3.63, 3.8) is 0 Å². The van der Waals surface area contributed by atoms with Gasteiger partial charge in [0.1, 0.15) is 5.75 Å². The van der Waals surface area contributed by atoms with Crippen molar-refractivity contribution in [1.29, 1.82) is 0 Å². The maximum absolute atomic E-state index is 11.9. The minimum atomic E-state index is -0.0170. The fourth-order valence-electron chi connectivity index (χ4n) is 2.03. The zero-order valence-electron chi connectivity index (χ0n) is 11.8. The Hall–Kier alpha value is -2.29. The molecule has 2 N–H and O–H groups in total. The van der Waals surface area contributed by atoms with E-state index in [4.69, 9.17) is 0 Å². The monoisotopic (exact) mass is 269 g/mol. The molecule has 3 heteroatoms. The van der Waals surface area contributed by atoms with Gasteiger partial charge in [0.15, 0.2) is 0 Å². The van der Waals surface area contributed by atoms with Gasteiger partial charge in [-0.1, -0.05) is 30.3 Å². The van der Waals surface area contributed by atoms with Gasteiger partial charge in [0.25, 0.3) is 0 Å². The molecule has 0 bridgehead atoms. The molecule has 0 aliphatic heterocycles. The SMILES string of the molecule is Cc1ccc(CC(=O)NCc2cccc(O)c2)cc1C. The van der Waals surface area contributed by atoms with E-state index >= 15 is 0 Å². The molecule has 0 atom stereocenters. The van der Waals surface area contributed by atoms with E-state index in [1.54, 1.807) is 18.2 Å². The molecule has 0 aliphatic carbocycles. The molecule has 0 fully saturated rings. The summed E-state index contributed by atoms with van der Waals surface area (Å²) in [6.07, 6.45) is 0.375. The average Bonchev–Trinajstić information content (AvgIpc) is 2.41. The Morgan fingerprint density at radius 1 is 1.05 bits per heavy atom. The van der Waals surface area contributed by atoms with Gasteiger partial charge in [0.05, 0.1) is 6.42 Å². The van der Waals surface area contributed by atoms with Crippen molar-refractivity contribution in [1.82, 2.24) is 5.32 Å². The van der Waals surface area contributed by atoms with Crippen molar-refractivity contribution in [2.45, 2.75) is 26.8 Å². The molecule has 104 valence electrons. The molecule has 1 amide bonds. The summed E-state index contributed by atoms with van der Waals surface area (Å²) in [5.74, 6) is 0.197. The number of phenols is 1. The van der Waals surface area contributed by atoms with Gasteiger partial charge in [-0.2, -0.15) is 0 Å². The molecule has 0 unspecified atom stereocenters. The standard InChI is InChI=1S/C17H19NO2/c1-12-6-7-14(8-13(12)2)10-17(20)18-11-15-4-3-5-16(19)9-15/h3-9,19H,10-11H2,1-2H3,(H,18,20). The molecule has 0 heterocycles. The van der Waals surface area contributed by atoms with Crippen LogP contribution in [0.25, 0.3) is 0 Å². The zero-order valence-corrected chi connectivity index (χ0v) is 11.8. The lowest BCUT2D eigenvalue weighted by atomic mass is 10.0. The van der Waals surface area contributed by atoms with E-state index in [0.29, 0.717) is 13.0 Å². The van der Waals surface area contributed by atoms with E-state index in [9.17, 15) is 9.90 Å². The number of benzene rings is 2. The van der Waals surface area contributed by atoms with E-state index in [2.05, 4.69) is 12.2 Å². The Morgan fingerprint density at radius 3 is 2.55 bits per heavy atom. The molecule has 0 aliphatic rings. The Morgan fingerprint density at radius 2 is 1.85 bits per heavy atom. The molecule has 0 spiro atoms. The average molecular weight is 269 g/mol. The van der Waals surface area contributed by atoms with Crippen LogP contribution in [0.1, 0.15) is 22.3 Å². The fourth-order valence-corrected chi connectivity index (χ4v) is 2.03. The number of rotatable bonds is 4. The van der Waals surface area contributed by atoms with Gasteiger partial charge in [-0.3, -0.25) is 4.79 Å². The summed E-state index contributed by atoms with van der Waals surface area (Å²) in [7, 11) is 0. The normalized spacial score (nSPS) is 10.3. The number of carbonyl (C=O) groups excluding carboxylic acids is 1. The van der Waals surface area contributed by atoms with E-state index in [1.165, 1.54) is 11.1 Å². The molecule has 2 aromatic rings. The molecular formula is C17H19NO2. The minimum absolute atomic E-state index is 0.0170. The number of aryl methyl sites for hydroxylation is 2. The lowest BCUT2D eigenvalue weighted by Gasteiger charge is -2.07. The van der Waals surface area contributed by atoms with Crippen LogP contribution >= 0.6 is 0 Å². The highest BCUT2D eigenvalue weighted by Crippen LogP contribution is 2.12. The molecule has 2 aromatic carbocycles. The van der Waals surface area contributed by atoms with Crippen LogP contribution in [0, 0.1) is 13.8 Å². The molecule has 0 radical (unpaired) electrons. The van der Waals surface area contributed by atoms with Crippen molar-refractivity contribution in [2.75, 3.05) is 0 Å². The summed E-state index contributed by atoms with van der Waals surface area (Å²) in [6, 6.07) is 13.0. The second-order valence-corrected chi connectivity index (χ2v) is 5.04. The van der Waals surface area contributed by atoms with Crippen molar-refractivity contribution in [2.24, 2.45) is 0 Å². The van der Waals surface area contributed by atoms with E-state index < -0.39 is 0 Å². The van der Waals surface area contributed by atoms with Crippen LogP contribution < -0.4 is 5.32 Å². The van der Waals surface area contributed by atoms with Gasteiger partial charge in [0.2, 0.25) is 5.91 Å². The third kappa shape index (κ3) is 3.85. The summed E-state index contributed by atoms with van der Waals surface area (Å²) in [6.45, 7) is 4.53. The topological polar surface area (TPSA) is 49.3 Å². The number of carbonyl (C=O) groups is 1. The van der Waals surface area contributed by atoms with Crippen LogP contribution in [0.15, 0.2) is 42.5 Å². The Kier molecular flexibility index (Phi) is 4.41. The van der Waals surface area contributed by atoms with Gasteiger partial charge < -0.3 is 10.4 Å². The summed E-state index contributed by atoms with van der Waals surface area (Å²) >= 11 is 0. The quantitative estimate of drug-likeness (QED) is 0.896. The molecular weight excluding hydrogens is 250 g/mol. The Labute approximate surface area is 119 Å². The van der Waals surface area contributed by atoms with Gasteiger partial charge in [0, 0.05) is 6.54 Å². The largest absolute Gasteiger partial charge is 0.508 e. The van der Waals surface area contributed by atoms with Crippen LogP contribution in [0.5, 0.6) is 5.75 Å². The molecule has 0 aromatic heterocycles. The van der Waals surface area contributed by atoms with Gasteiger partial charge in [-0.25, -0.2) is 0 Å². The summed E-state index contributed by atoms with van der Waals surface area (Å²) < 4.78 is 0. The first-order valence-electron chi connectivity index (χ1n) is 6.65. The third-order valence-electron chi connectivity index (χ3n) is 3.34. The number of hydrogen-bond acceptors (Lipinski definition) is 2. The second-order valence-electron chi connectivity index (χ2n) is 5.04. The van der Waals surface area contributed by atoms with Crippen molar-refractivity contribution in [3.8, 4) is 5.75 Å². The predicted molar refractivity (Wildman–Crippen MR) is 79.6 cm³/mol. The summed E-state index contributed by atoms with van der Waals surface area (Å²) in [5.41, 5.74) is 4.33. The summed E-state index contributed by atoms with van der Waals surface area (Å²) in [5, 5.41) is 12.2. The number of hydrogen-bond donors (Lipinski definition) is 2. The molecule has 2 rings (SSSR count). The number of amides is 1. The van der Waals surface area contributed by atoms with Crippen molar-refractivity contribution in [3.05, 3.63) is 64.7 Å². The van der Waals surface area contributed by atoms with Crippen LogP contribution in [0.3, 0.4) is 0 Å². The lowest BCUT2D eigenvalue weighted by Crippen LogP contribution is -2.24. The lowest BCUT2D eigenvalue weighted by molar-refractivity contribution is -0.120. The first-order valence-corrected chi connectivity index (χ1v) is 6.65. The first kappa shape index (κ1) is 14.1. The fraction of sp³-hybridized carbons (Fsp3) is 0.235. The molecule has 3 nitrogen and oxygen atoms in total. The van der Waals surface area contributed by atoms with Crippen molar-refractivity contribution < 1.29 is 9.90 Å². The highest BCUT2D eigenvalue weighted by atomic mass is 16.3. The van der Waals surface area contributed by atoms with Gasteiger partial charge in [-0.05, 0) is 48.2 Å². The van der Waals surface area contributed by atoms with E-state index in [1.807, 2.05) is 31.2 Å². The smallest absolute Gasteiger partial charge is 0.224 e. The highest BCUT2D eigenvalue weighted by molar-refractivity contribution is 5.78. The number of aromatic hydroxyl groups is 1. The minimum Gasteiger partial charge on any atom is -0.508 e. The number of nitrogens with one attached hydrogen (secondary N) is 1. The maximum Gasteiger partial charge on any atom is 0.224 e. The van der Waals surface area contributed by atoms with Crippen LogP contribution in [0.2, 0.25) is 0 Å². The Balaban J connectivity index is 1.91. The maximum atomic E-state index is 11.9. The van der Waals surface area contributed by atoms with Crippen LogP contribution in [-0.2, 0) is 17.8 Å². The van der Waals surface area contributed by atoms with Crippen LogP contribution in [-0.4, -0.2) is 11.0 Å². The van der Waals surface area contributed by atoms with Gasteiger partial charge >= 0.3 is 0 Å². The molecule has 20 heavy (non-hydrogen) atoms. The highest BCUT2D eigenvalue weighted by Gasteiger charge is 2.04. The van der Waals surface area contributed by atoms with Crippen molar-refractivity contribution >= 4 is 5.91 Å². The van der Waals surface area contributed by atoms with Gasteiger partial charge in [-0.15, -0.1) is 0 Å². The van der Waals surface area contributed by atoms with E-state index in [-0.39, 0.29) is 11.7 Å². The zero-order chi connectivity index (χ0) is 14.5. The van der Waals surface area contributed by atoms with E-state index in [0.717, 1.165) is 11.1 Å². The molecule has 0 saturated carbocycles. The van der Waals surface area contributed by atoms with Crippen LogP contribution in [0.4, 0.5) is 0 Å². The first-order chi connectivity index (χ1) is 9.54. The predicted octanol–water partition coefficient (Wildman–Crippen LogP) is 2.87. The molecule has 0 saturated heterocycles.